The van der Waals surface area contributed by atoms with Crippen molar-refractivity contribution in [2.45, 2.75) is 24.7 Å². The lowest BCUT2D eigenvalue weighted by molar-refractivity contribution is 0.661. The second-order valence-electron chi connectivity index (χ2n) is 17.6. The van der Waals surface area contributed by atoms with Gasteiger partial charge in [0.15, 0.2) is 5.82 Å². The van der Waals surface area contributed by atoms with Gasteiger partial charge in [0.1, 0.15) is 0 Å². The Hall–Kier alpha value is -7.68. The van der Waals surface area contributed by atoms with E-state index in [-0.39, 0.29) is 5.41 Å². The van der Waals surface area contributed by atoms with E-state index >= 15 is 0 Å². The van der Waals surface area contributed by atoms with Gasteiger partial charge in [0.25, 0.3) is 0 Å². The lowest BCUT2D eigenvalue weighted by Gasteiger charge is -2.32. The third-order valence-corrected chi connectivity index (χ3v) is 14.1. The molecule has 0 fully saturated rings. The maximum absolute atomic E-state index is 5.49. The van der Waals surface area contributed by atoms with Crippen molar-refractivity contribution in [3.63, 3.8) is 0 Å². The molecule has 62 heavy (non-hydrogen) atoms. The van der Waals surface area contributed by atoms with Crippen LogP contribution in [0.1, 0.15) is 47.2 Å². The van der Waals surface area contributed by atoms with Gasteiger partial charge in [0.05, 0.1) is 16.8 Å². The Morgan fingerprint density at radius 3 is 1.55 bits per heavy atom. The Balaban J connectivity index is 1.04. The van der Waals surface area contributed by atoms with Gasteiger partial charge in [0.2, 0.25) is 0 Å². The molecule has 1 spiro atoms. The minimum Gasteiger partial charge on any atom is -0.228 e. The van der Waals surface area contributed by atoms with Crippen molar-refractivity contribution in [2.24, 2.45) is 0 Å². The minimum absolute atomic E-state index is 0.123. The van der Waals surface area contributed by atoms with Crippen LogP contribution in [0, 0.1) is 0 Å². The second kappa shape index (κ2) is 12.9. The van der Waals surface area contributed by atoms with E-state index in [1.165, 1.54) is 88.7 Å². The first-order chi connectivity index (χ1) is 30.5. The van der Waals surface area contributed by atoms with Crippen LogP contribution in [0.5, 0.6) is 0 Å². The average molecular weight is 789 g/mol. The summed E-state index contributed by atoms with van der Waals surface area (Å²) in [5, 5.41) is 2.55. The zero-order chi connectivity index (χ0) is 41.2. The molecule has 2 heteroatoms. The predicted octanol–water partition coefficient (Wildman–Crippen LogP) is 14.9. The molecule has 0 radical (unpaired) electrons. The molecule has 9 aromatic carbocycles. The zero-order valence-electron chi connectivity index (χ0n) is 34.5. The van der Waals surface area contributed by atoms with Crippen molar-refractivity contribution >= 4 is 10.8 Å². The fraction of sp³-hybridized carbons (Fsp3) is 0.0667. The Kier molecular flexibility index (Phi) is 7.31. The molecule has 2 nitrogen and oxygen atoms in total. The fourth-order valence-electron chi connectivity index (χ4n) is 11.4. The number of rotatable bonds is 4. The molecule has 0 saturated carbocycles. The molecule has 0 atom stereocenters. The average Bonchev–Trinajstić information content (AvgIpc) is 3.89. The molecule has 1 aromatic heterocycles. The summed E-state index contributed by atoms with van der Waals surface area (Å²) >= 11 is 0. The van der Waals surface area contributed by atoms with Gasteiger partial charge in [-0.25, -0.2) is 9.97 Å². The van der Waals surface area contributed by atoms with Crippen LogP contribution < -0.4 is 0 Å². The van der Waals surface area contributed by atoms with Crippen molar-refractivity contribution in [1.82, 2.24) is 9.97 Å². The topological polar surface area (TPSA) is 25.8 Å². The number of benzene rings is 9. The summed E-state index contributed by atoms with van der Waals surface area (Å²) in [6.07, 6.45) is 0. The van der Waals surface area contributed by atoms with Gasteiger partial charge in [-0.05, 0) is 113 Å². The van der Waals surface area contributed by atoms with Crippen LogP contribution in [0.25, 0.3) is 89.2 Å². The molecule has 13 rings (SSSR count). The van der Waals surface area contributed by atoms with Crippen molar-refractivity contribution in [3.8, 4) is 78.4 Å². The fourth-order valence-corrected chi connectivity index (χ4v) is 11.4. The second-order valence-corrected chi connectivity index (χ2v) is 17.6. The van der Waals surface area contributed by atoms with Crippen LogP contribution in [-0.2, 0) is 10.8 Å². The van der Waals surface area contributed by atoms with E-state index in [1.807, 2.05) is 0 Å². The molecule has 0 unspecified atom stereocenters. The highest BCUT2D eigenvalue weighted by molar-refractivity contribution is 6.00. The zero-order valence-corrected chi connectivity index (χ0v) is 34.5. The van der Waals surface area contributed by atoms with Gasteiger partial charge in [-0.1, -0.05) is 196 Å². The molecule has 0 aliphatic heterocycles. The molecular weight excluding hydrogens is 749 g/mol. The van der Waals surface area contributed by atoms with Gasteiger partial charge in [-0.3, -0.25) is 0 Å². The first-order valence-electron chi connectivity index (χ1n) is 21.7. The van der Waals surface area contributed by atoms with Gasteiger partial charge in [-0.15, -0.1) is 0 Å². The maximum atomic E-state index is 5.49. The Morgan fingerprint density at radius 2 is 0.823 bits per heavy atom. The number of fused-ring (bicyclic) bond motifs is 14. The van der Waals surface area contributed by atoms with Crippen molar-refractivity contribution in [2.75, 3.05) is 0 Å². The first kappa shape index (κ1) is 35.1. The van der Waals surface area contributed by atoms with Gasteiger partial charge in [0, 0.05) is 22.1 Å². The van der Waals surface area contributed by atoms with E-state index in [0.717, 1.165) is 28.1 Å². The normalized spacial score (nSPS) is 14.2. The first-order valence-corrected chi connectivity index (χ1v) is 21.7. The number of aromatic nitrogens is 2. The van der Waals surface area contributed by atoms with Gasteiger partial charge >= 0.3 is 0 Å². The molecule has 0 bridgehead atoms. The third kappa shape index (κ3) is 4.75. The summed E-state index contributed by atoms with van der Waals surface area (Å²) in [4.78, 5) is 10.9. The predicted molar refractivity (Wildman–Crippen MR) is 255 cm³/mol. The number of hydrogen-bond acceptors (Lipinski definition) is 2. The molecule has 10 aromatic rings. The minimum atomic E-state index is -0.503. The van der Waals surface area contributed by atoms with Gasteiger partial charge < -0.3 is 0 Å². The number of hydrogen-bond donors (Lipinski definition) is 0. The smallest absolute Gasteiger partial charge is 0.160 e. The molecule has 0 N–H and O–H groups in total. The van der Waals surface area contributed by atoms with Crippen molar-refractivity contribution < 1.29 is 0 Å². The quantitative estimate of drug-likeness (QED) is 0.177. The summed E-state index contributed by atoms with van der Waals surface area (Å²) in [6.45, 7) is 4.73. The summed E-state index contributed by atoms with van der Waals surface area (Å²) in [7, 11) is 0. The number of nitrogens with zero attached hydrogens (tertiary/aromatic N) is 2. The molecule has 3 aliphatic carbocycles. The highest BCUT2D eigenvalue weighted by Gasteiger charge is 2.52. The standard InChI is InChI=1S/C60H40N2/c1-59(2)52-32-16-26-42(56(52)48-34-38-19-6-7-20-39(38)35-53(48)59)40-21-14-22-41(33-40)54-36-55(62-58(61-54)37-17-4-3-5-18-37)47-28-15-27-46-45-25-10-13-31-51(45)60(57(46)47)49-29-11-8-23-43(49)44-24-9-12-30-50(44)60/h3-36H,1-2H3. The molecular formula is C60H40N2. The summed E-state index contributed by atoms with van der Waals surface area (Å²) in [6, 6.07) is 75.8. The van der Waals surface area contributed by atoms with Crippen LogP contribution in [0.15, 0.2) is 206 Å². The van der Waals surface area contributed by atoms with Crippen LogP contribution in [0.2, 0.25) is 0 Å². The highest BCUT2D eigenvalue weighted by atomic mass is 14.9. The molecule has 290 valence electrons. The lowest BCUT2D eigenvalue weighted by Crippen LogP contribution is -2.26. The monoisotopic (exact) mass is 788 g/mol. The van der Waals surface area contributed by atoms with Crippen LogP contribution in [0.3, 0.4) is 0 Å². The van der Waals surface area contributed by atoms with Crippen LogP contribution >= 0.6 is 0 Å². The van der Waals surface area contributed by atoms with E-state index in [0.29, 0.717) is 5.82 Å². The molecule has 1 heterocycles. The van der Waals surface area contributed by atoms with Crippen LogP contribution in [-0.4, -0.2) is 9.97 Å². The lowest BCUT2D eigenvalue weighted by atomic mass is 9.69. The molecule has 0 amide bonds. The van der Waals surface area contributed by atoms with Crippen molar-refractivity contribution in [1.29, 1.82) is 0 Å². The highest BCUT2D eigenvalue weighted by Crippen LogP contribution is 2.64. The summed E-state index contributed by atoms with van der Waals surface area (Å²) in [5.41, 5.74) is 22.5. The largest absolute Gasteiger partial charge is 0.228 e. The SMILES string of the molecule is CC1(C)c2cc3ccccc3cc2-c2c(-c3cccc(-c4cc(-c5cccc6c5C5(c7ccccc7-c7ccccc75)c5ccccc5-6)nc(-c5ccccc5)n4)c3)cccc21. The Morgan fingerprint density at radius 1 is 0.323 bits per heavy atom. The summed E-state index contributed by atoms with van der Waals surface area (Å²) < 4.78 is 0. The van der Waals surface area contributed by atoms with Crippen LogP contribution in [0.4, 0.5) is 0 Å². The Bertz CT molecular complexity index is 3440. The summed E-state index contributed by atoms with van der Waals surface area (Å²) in [5.74, 6) is 0.709. The van der Waals surface area contributed by atoms with Gasteiger partial charge in [-0.2, -0.15) is 0 Å². The molecule has 0 saturated heterocycles. The van der Waals surface area contributed by atoms with E-state index in [9.17, 15) is 0 Å². The van der Waals surface area contributed by atoms with E-state index < -0.39 is 5.41 Å². The van der Waals surface area contributed by atoms with E-state index in [1.54, 1.807) is 0 Å². The van der Waals surface area contributed by atoms with E-state index in [2.05, 4.69) is 220 Å². The van der Waals surface area contributed by atoms with Crippen molar-refractivity contribution in [3.05, 3.63) is 240 Å². The molecule has 3 aliphatic rings. The van der Waals surface area contributed by atoms with E-state index in [4.69, 9.17) is 9.97 Å². The third-order valence-electron chi connectivity index (χ3n) is 14.1. The Labute approximate surface area is 361 Å². The maximum Gasteiger partial charge on any atom is 0.160 e.